The molecule has 0 unspecified atom stereocenters. The first-order valence-corrected chi connectivity index (χ1v) is 10.6. The number of rotatable bonds is 9. The standard InChI is InChI=1S/C22H28F2N4O4/c1-13(26-14(2)29)11-30-16-4-6-17(7-5-16)32-22-27-21-15(10-25)8-18(31-12-20(23)24)9-19(21)28(22)3/h8-9,13,16-17,20H,4-7,11-12H2,1-3H3,(H,26,29)/t13-,16-,17-/m0/s1. The van der Waals surface area contributed by atoms with Gasteiger partial charge in [0.25, 0.3) is 12.4 Å². The third-order valence-electron chi connectivity index (χ3n) is 5.34. The number of hydrogen-bond donors (Lipinski definition) is 1. The van der Waals surface area contributed by atoms with Crippen LogP contribution in [0.1, 0.15) is 45.1 Å². The lowest BCUT2D eigenvalue weighted by Crippen LogP contribution is -2.37. The Kier molecular flexibility index (Phi) is 7.85. The SMILES string of the molecule is CC(=O)N[C@@H](C)CO[C@H]1CC[C@H](Oc2nc3c(C#N)cc(OCC(F)F)cc3n2C)CC1. The number of amides is 1. The minimum absolute atomic E-state index is 0.0367. The van der Waals surface area contributed by atoms with Crippen LogP contribution < -0.4 is 14.8 Å². The van der Waals surface area contributed by atoms with Crippen LogP contribution in [0.4, 0.5) is 8.78 Å². The van der Waals surface area contributed by atoms with E-state index in [0.29, 0.717) is 23.7 Å². The Morgan fingerprint density at radius 3 is 2.59 bits per heavy atom. The van der Waals surface area contributed by atoms with Crippen LogP contribution in [0.5, 0.6) is 11.8 Å². The number of nitrogens with one attached hydrogen (secondary N) is 1. The molecule has 1 saturated carbocycles. The Balaban J connectivity index is 1.61. The molecule has 1 aromatic carbocycles. The van der Waals surface area contributed by atoms with Gasteiger partial charge in [0.2, 0.25) is 5.91 Å². The van der Waals surface area contributed by atoms with Gasteiger partial charge in [0.1, 0.15) is 30.0 Å². The number of alkyl halides is 2. The molecular weight excluding hydrogens is 422 g/mol. The molecule has 174 valence electrons. The van der Waals surface area contributed by atoms with Crippen molar-refractivity contribution in [3.8, 4) is 17.8 Å². The zero-order valence-corrected chi connectivity index (χ0v) is 18.4. The van der Waals surface area contributed by atoms with Crippen LogP contribution in [0, 0.1) is 11.3 Å². The molecule has 0 radical (unpaired) electrons. The zero-order chi connectivity index (χ0) is 23.3. The van der Waals surface area contributed by atoms with Crippen molar-refractivity contribution in [2.75, 3.05) is 13.2 Å². The van der Waals surface area contributed by atoms with Gasteiger partial charge in [-0.2, -0.15) is 10.2 Å². The van der Waals surface area contributed by atoms with Crippen LogP contribution in [0.15, 0.2) is 12.1 Å². The number of carbonyl (C=O) groups is 1. The molecule has 1 fully saturated rings. The Morgan fingerprint density at radius 2 is 1.97 bits per heavy atom. The zero-order valence-electron chi connectivity index (χ0n) is 18.4. The van der Waals surface area contributed by atoms with Crippen molar-refractivity contribution >= 4 is 16.9 Å². The number of aromatic nitrogens is 2. The third-order valence-corrected chi connectivity index (χ3v) is 5.34. The number of carbonyl (C=O) groups excluding carboxylic acids is 1. The summed E-state index contributed by atoms with van der Waals surface area (Å²) in [5.74, 6) is 0.114. The molecule has 1 aliphatic rings. The maximum absolute atomic E-state index is 12.5. The summed E-state index contributed by atoms with van der Waals surface area (Å²) in [4.78, 5) is 15.5. The lowest BCUT2D eigenvalue weighted by molar-refractivity contribution is -0.120. The lowest BCUT2D eigenvalue weighted by atomic mass is 9.95. The minimum Gasteiger partial charge on any atom is -0.488 e. The van der Waals surface area contributed by atoms with Crippen LogP contribution in [0.25, 0.3) is 11.0 Å². The van der Waals surface area contributed by atoms with Crippen molar-refractivity contribution in [1.82, 2.24) is 14.9 Å². The molecule has 0 aliphatic heterocycles. The van der Waals surface area contributed by atoms with Gasteiger partial charge < -0.3 is 19.5 Å². The Hall–Kier alpha value is -2.93. The average Bonchev–Trinajstić information content (AvgIpc) is 3.06. The molecule has 1 N–H and O–H groups in total. The van der Waals surface area contributed by atoms with Gasteiger partial charge in [-0.25, -0.2) is 8.78 Å². The molecule has 1 aliphatic carbocycles. The smallest absolute Gasteiger partial charge is 0.297 e. The number of halogens is 2. The van der Waals surface area contributed by atoms with E-state index >= 15 is 0 Å². The third kappa shape index (κ3) is 6.07. The topological polar surface area (TPSA) is 98.4 Å². The molecule has 0 bridgehead atoms. The maximum Gasteiger partial charge on any atom is 0.297 e. The summed E-state index contributed by atoms with van der Waals surface area (Å²) in [5.41, 5.74) is 1.26. The molecule has 10 heteroatoms. The molecule has 2 aromatic rings. The normalized spacial score (nSPS) is 19.5. The van der Waals surface area contributed by atoms with Gasteiger partial charge in [-0.3, -0.25) is 9.36 Å². The molecule has 0 spiro atoms. The Morgan fingerprint density at radius 1 is 1.28 bits per heavy atom. The number of ether oxygens (including phenoxy) is 3. The van der Waals surface area contributed by atoms with E-state index in [1.54, 1.807) is 17.7 Å². The fraction of sp³-hybridized carbons (Fsp3) is 0.591. The molecule has 1 aromatic heterocycles. The number of nitriles is 1. The highest BCUT2D eigenvalue weighted by molar-refractivity contribution is 5.84. The molecule has 8 nitrogen and oxygen atoms in total. The van der Waals surface area contributed by atoms with Crippen molar-refractivity contribution in [2.24, 2.45) is 7.05 Å². The van der Waals surface area contributed by atoms with Crippen LogP contribution in [0.3, 0.4) is 0 Å². The quantitative estimate of drug-likeness (QED) is 0.629. The van der Waals surface area contributed by atoms with E-state index in [4.69, 9.17) is 14.2 Å². The van der Waals surface area contributed by atoms with Gasteiger partial charge in [-0.15, -0.1) is 0 Å². The monoisotopic (exact) mass is 450 g/mol. The van der Waals surface area contributed by atoms with E-state index in [0.717, 1.165) is 25.7 Å². The first kappa shape index (κ1) is 23.7. The van der Waals surface area contributed by atoms with E-state index < -0.39 is 13.0 Å². The second-order valence-corrected chi connectivity index (χ2v) is 8.06. The summed E-state index contributed by atoms with van der Waals surface area (Å²) < 4.78 is 43.7. The van der Waals surface area contributed by atoms with Crippen molar-refractivity contribution < 1.29 is 27.8 Å². The van der Waals surface area contributed by atoms with Crippen molar-refractivity contribution in [1.29, 1.82) is 5.26 Å². The van der Waals surface area contributed by atoms with Crippen LogP contribution >= 0.6 is 0 Å². The average molecular weight is 450 g/mol. The van der Waals surface area contributed by atoms with Gasteiger partial charge in [-0.1, -0.05) is 0 Å². The number of imidazole rings is 1. The van der Waals surface area contributed by atoms with E-state index in [1.807, 2.05) is 13.0 Å². The molecule has 0 saturated heterocycles. The van der Waals surface area contributed by atoms with E-state index in [9.17, 15) is 18.8 Å². The Labute approximate surface area is 185 Å². The fourth-order valence-electron chi connectivity index (χ4n) is 3.81. The number of nitrogens with zero attached hydrogens (tertiary/aromatic N) is 3. The highest BCUT2D eigenvalue weighted by Crippen LogP contribution is 2.31. The largest absolute Gasteiger partial charge is 0.488 e. The molecule has 1 heterocycles. The maximum atomic E-state index is 12.5. The van der Waals surface area contributed by atoms with Crippen LogP contribution in [0.2, 0.25) is 0 Å². The molecule has 32 heavy (non-hydrogen) atoms. The number of benzene rings is 1. The first-order chi connectivity index (χ1) is 15.3. The summed E-state index contributed by atoms with van der Waals surface area (Å²) in [5, 5.41) is 12.2. The van der Waals surface area contributed by atoms with Gasteiger partial charge in [0.05, 0.1) is 23.8 Å². The lowest BCUT2D eigenvalue weighted by Gasteiger charge is -2.29. The number of fused-ring (bicyclic) bond motifs is 1. The number of hydrogen-bond acceptors (Lipinski definition) is 6. The van der Waals surface area contributed by atoms with Crippen LogP contribution in [-0.2, 0) is 16.6 Å². The second-order valence-electron chi connectivity index (χ2n) is 8.06. The van der Waals surface area contributed by atoms with Gasteiger partial charge in [-0.05, 0) is 32.6 Å². The summed E-state index contributed by atoms with van der Waals surface area (Å²) in [6.45, 7) is 3.11. The van der Waals surface area contributed by atoms with E-state index in [2.05, 4.69) is 10.3 Å². The van der Waals surface area contributed by atoms with Crippen molar-refractivity contribution in [3.63, 3.8) is 0 Å². The number of aryl methyl sites for hydroxylation is 1. The molecule has 1 amide bonds. The van der Waals surface area contributed by atoms with Gasteiger partial charge in [0.15, 0.2) is 0 Å². The summed E-state index contributed by atoms with van der Waals surface area (Å²) in [7, 11) is 1.75. The van der Waals surface area contributed by atoms with E-state index in [1.165, 1.54) is 13.0 Å². The van der Waals surface area contributed by atoms with Crippen molar-refractivity contribution in [3.05, 3.63) is 17.7 Å². The summed E-state index contributed by atoms with van der Waals surface area (Å²) in [6, 6.07) is 5.36. The van der Waals surface area contributed by atoms with Crippen molar-refractivity contribution in [2.45, 2.75) is 64.2 Å². The Bertz CT molecular complexity index is 980. The predicted molar refractivity (Wildman–Crippen MR) is 113 cm³/mol. The predicted octanol–water partition coefficient (Wildman–Crippen LogP) is 3.32. The molecular formula is C22H28F2N4O4. The van der Waals surface area contributed by atoms with Gasteiger partial charge >= 0.3 is 0 Å². The van der Waals surface area contributed by atoms with Crippen LogP contribution in [-0.4, -0.2) is 53.3 Å². The highest BCUT2D eigenvalue weighted by Gasteiger charge is 2.25. The molecule has 3 rings (SSSR count). The minimum atomic E-state index is -2.60. The first-order valence-electron chi connectivity index (χ1n) is 10.6. The highest BCUT2D eigenvalue weighted by atomic mass is 19.3. The van der Waals surface area contributed by atoms with Gasteiger partial charge in [0, 0.05) is 32.1 Å². The molecule has 1 atom stereocenters. The van der Waals surface area contributed by atoms with E-state index in [-0.39, 0.29) is 35.5 Å². The summed E-state index contributed by atoms with van der Waals surface area (Å²) >= 11 is 0. The second kappa shape index (κ2) is 10.6. The summed E-state index contributed by atoms with van der Waals surface area (Å²) in [6.07, 6.45) is 0.707. The fourth-order valence-corrected chi connectivity index (χ4v) is 3.81.